The summed E-state index contributed by atoms with van der Waals surface area (Å²) in [5.41, 5.74) is 3.31. The van der Waals surface area contributed by atoms with Gasteiger partial charge >= 0.3 is 0 Å². The zero-order valence-corrected chi connectivity index (χ0v) is 21.9. The first-order chi connectivity index (χ1) is 18.0. The number of thioether (sulfide) groups is 2. The van der Waals surface area contributed by atoms with Crippen molar-refractivity contribution in [2.75, 3.05) is 6.61 Å². The van der Waals surface area contributed by atoms with Gasteiger partial charge in [0.25, 0.3) is 7.82 Å². The average Bonchev–Trinajstić information content (AvgIpc) is 3.44. The average molecular weight is 558 g/mol. The molecule has 0 aliphatic carbocycles. The highest BCUT2D eigenvalue weighted by molar-refractivity contribution is 7.98. The molecule has 1 N–H and O–H groups in total. The third-order valence-corrected chi connectivity index (χ3v) is 9.09. The number of hydrogen-bond donors (Lipinski definition) is 1. The first kappa shape index (κ1) is 25.0. The van der Waals surface area contributed by atoms with E-state index in [1.54, 1.807) is 16.3 Å². The van der Waals surface area contributed by atoms with Crippen LogP contribution in [0.15, 0.2) is 77.2 Å². The lowest BCUT2D eigenvalue weighted by atomic mass is 10.1. The minimum Gasteiger partial charge on any atom is -0.756 e. The number of fused-ring (bicyclic) bond motifs is 2. The van der Waals surface area contributed by atoms with Gasteiger partial charge in [-0.1, -0.05) is 84.2 Å². The molecule has 0 spiro atoms. The molecule has 10 nitrogen and oxygen atoms in total. The number of aliphatic hydroxyl groups is 1. The Labute approximate surface area is 221 Å². The molecule has 2 fully saturated rings. The first-order valence-corrected chi connectivity index (χ1v) is 15.0. The van der Waals surface area contributed by atoms with Crippen molar-refractivity contribution >= 4 is 42.5 Å². The van der Waals surface area contributed by atoms with E-state index in [0.29, 0.717) is 32.9 Å². The highest BCUT2D eigenvalue weighted by Gasteiger charge is 2.51. The number of imidazole rings is 1. The molecule has 37 heavy (non-hydrogen) atoms. The van der Waals surface area contributed by atoms with Crippen molar-refractivity contribution in [1.29, 1.82) is 0 Å². The third kappa shape index (κ3) is 5.21. The van der Waals surface area contributed by atoms with Crippen molar-refractivity contribution < 1.29 is 28.3 Å². The topological polar surface area (TPSA) is 132 Å². The van der Waals surface area contributed by atoms with Gasteiger partial charge in [-0.15, -0.1) is 0 Å². The number of rotatable bonds is 7. The van der Waals surface area contributed by atoms with Crippen LogP contribution < -0.4 is 4.89 Å². The Morgan fingerprint density at radius 2 is 1.70 bits per heavy atom. The van der Waals surface area contributed by atoms with Gasteiger partial charge in [0.15, 0.2) is 17.0 Å². The summed E-state index contributed by atoms with van der Waals surface area (Å²) >= 11 is 3.01. The quantitative estimate of drug-likeness (QED) is 0.203. The summed E-state index contributed by atoms with van der Waals surface area (Å²) in [4.78, 5) is 25.7. The molecule has 0 radical (unpaired) electrons. The Bertz CT molecular complexity index is 1440. The molecular weight excluding hydrogens is 535 g/mol. The molecule has 0 saturated carbocycles. The van der Waals surface area contributed by atoms with Gasteiger partial charge in [0.05, 0.1) is 6.61 Å². The van der Waals surface area contributed by atoms with E-state index in [0.717, 1.165) is 11.1 Å². The molecule has 2 aromatic heterocycles. The fourth-order valence-corrected chi connectivity index (χ4v) is 7.11. The molecule has 192 valence electrons. The van der Waals surface area contributed by atoms with E-state index in [4.69, 9.17) is 18.8 Å². The highest BCUT2D eigenvalue weighted by atomic mass is 32.2. The minimum absolute atomic E-state index is 0.231. The van der Waals surface area contributed by atoms with Crippen LogP contribution in [0.5, 0.6) is 0 Å². The molecule has 0 amide bonds. The standard InChI is InChI=1S/C24H23N4O6PS2/c29-19-20-17(11-32-35(30,31)34-20)33-23(19)28-21-18(27-24(28)37-13-16-9-5-2-6-10-16)22(26-14-25-21)36-12-15-7-3-1-4-8-15/h1-10,14,17,19-20,23,29H,11-13H2,(H,30,31)/p-1/t17-,19-,20-,23-/m1/s1. The lowest BCUT2D eigenvalue weighted by Crippen LogP contribution is -2.41. The van der Waals surface area contributed by atoms with E-state index in [-0.39, 0.29) is 6.61 Å². The van der Waals surface area contributed by atoms with Gasteiger partial charge in [0, 0.05) is 11.5 Å². The fourth-order valence-electron chi connectivity index (χ4n) is 4.29. The third-order valence-electron chi connectivity index (χ3n) is 6.05. The number of ether oxygens (including phenoxy) is 1. The summed E-state index contributed by atoms with van der Waals surface area (Å²) in [5.74, 6) is 1.32. The van der Waals surface area contributed by atoms with E-state index in [9.17, 15) is 14.6 Å². The number of aliphatic hydroxyl groups excluding tert-OH is 1. The SMILES string of the molecule is O=P1([O-])OC[C@H]2O[C@@H](n3c(SCc4ccccc4)nc4c(SCc5ccccc5)ncnc43)[C@H](O)[C@@H]2O1. The summed E-state index contributed by atoms with van der Waals surface area (Å²) in [6, 6.07) is 20.0. The zero-order valence-electron chi connectivity index (χ0n) is 19.3. The molecule has 4 aromatic rings. The molecule has 2 aliphatic rings. The monoisotopic (exact) mass is 557 g/mol. The van der Waals surface area contributed by atoms with E-state index < -0.39 is 32.4 Å². The normalized spacial score (nSPS) is 27.4. The van der Waals surface area contributed by atoms with Crippen molar-refractivity contribution in [3.8, 4) is 0 Å². The summed E-state index contributed by atoms with van der Waals surface area (Å²) < 4.78 is 29.5. The molecule has 2 aliphatic heterocycles. The van der Waals surface area contributed by atoms with Crippen LogP contribution in [0.25, 0.3) is 11.2 Å². The molecular formula is C24H22N4O6PS2-. The van der Waals surface area contributed by atoms with Crippen LogP contribution in [0.4, 0.5) is 0 Å². The van der Waals surface area contributed by atoms with E-state index in [1.807, 2.05) is 60.7 Å². The van der Waals surface area contributed by atoms with Crippen molar-refractivity contribution in [3.63, 3.8) is 0 Å². The predicted octanol–water partition coefficient (Wildman–Crippen LogP) is 3.55. The van der Waals surface area contributed by atoms with Crippen LogP contribution in [0, 0.1) is 0 Å². The number of phosphoric acid groups is 1. The molecule has 13 heteroatoms. The summed E-state index contributed by atoms with van der Waals surface area (Å²) in [5, 5.41) is 12.4. The largest absolute Gasteiger partial charge is 0.756 e. The zero-order chi connectivity index (χ0) is 25.4. The maximum Gasteiger partial charge on any atom is 0.268 e. The van der Waals surface area contributed by atoms with Crippen LogP contribution in [-0.2, 0) is 29.9 Å². The number of nitrogens with zero attached hydrogens (tertiary/aromatic N) is 4. The minimum atomic E-state index is -4.51. The number of hydrogen-bond acceptors (Lipinski definition) is 11. The molecule has 6 rings (SSSR count). The van der Waals surface area contributed by atoms with Crippen molar-refractivity contribution in [1.82, 2.24) is 19.5 Å². The van der Waals surface area contributed by atoms with Gasteiger partial charge in [-0.2, -0.15) is 0 Å². The van der Waals surface area contributed by atoms with Gasteiger partial charge in [0.2, 0.25) is 0 Å². The van der Waals surface area contributed by atoms with E-state index in [2.05, 4.69) is 9.97 Å². The van der Waals surface area contributed by atoms with Crippen LogP contribution in [0.2, 0.25) is 0 Å². The molecule has 1 unspecified atom stereocenters. The maximum atomic E-state index is 11.9. The molecule has 5 atom stereocenters. The van der Waals surface area contributed by atoms with Gasteiger partial charge in [0.1, 0.15) is 35.2 Å². The van der Waals surface area contributed by atoms with Gasteiger partial charge in [-0.3, -0.25) is 9.13 Å². The van der Waals surface area contributed by atoms with Gasteiger partial charge in [-0.05, 0) is 11.1 Å². The second-order valence-electron chi connectivity index (χ2n) is 8.53. The summed E-state index contributed by atoms with van der Waals surface area (Å²) in [6.45, 7) is -0.231. The Balaban J connectivity index is 1.36. The number of benzene rings is 2. The Kier molecular flexibility index (Phi) is 7.08. The fraction of sp³-hybridized carbons (Fsp3) is 0.292. The van der Waals surface area contributed by atoms with Crippen molar-refractivity contribution in [2.24, 2.45) is 0 Å². The molecule has 2 saturated heterocycles. The first-order valence-electron chi connectivity index (χ1n) is 11.5. The maximum absolute atomic E-state index is 11.9. The van der Waals surface area contributed by atoms with Crippen LogP contribution in [0.3, 0.4) is 0 Å². The number of aromatic nitrogens is 4. The van der Waals surface area contributed by atoms with E-state index in [1.165, 1.54) is 18.1 Å². The summed E-state index contributed by atoms with van der Waals surface area (Å²) in [7, 11) is -4.51. The second kappa shape index (κ2) is 10.5. The van der Waals surface area contributed by atoms with E-state index >= 15 is 0 Å². The Morgan fingerprint density at radius 3 is 2.41 bits per heavy atom. The van der Waals surface area contributed by atoms with Crippen LogP contribution in [-0.4, -0.2) is 49.5 Å². The summed E-state index contributed by atoms with van der Waals surface area (Å²) in [6.07, 6.45) is -2.63. The van der Waals surface area contributed by atoms with Crippen molar-refractivity contribution in [3.05, 3.63) is 78.1 Å². The van der Waals surface area contributed by atoms with Crippen molar-refractivity contribution in [2.45, 2.75) is 46.2 Å². The van der Waals surface area contributed by atoms with Crippen LogP contribution >= 0.6 is 31.3 Å². The lowest BCUT2D eigenvalue weighted by Gasteiger charge is -2.34. The molecule has 4 heterocycles. The van der Waals surface area contributed by atoms with Gasteiger partial charge < -0.3 is 23.8 Å². The Hall–Kier alpha value is -2.28. The smallest absolute Gasteiger partial charge is 0.268 e. The molecule has 2 aromatic carbocycles. The second-order valence-corrected chi connectivity index (χ2v) is 11.8. The van der Waals surface area contributed by atoms with Crippen LogP contribution in [0.1, 0.15) is 17.4 Å². The predicted molar refractivity (Wildman–Crippen MR) is 136 cm³/mol. The van der Waals surface area contributed by atoms with Gasteiger partial charge in [-0.25, -0.2) is 15.0 Å². The number of phosphoric ester groups is 1. The highest BCUT2D eigenvalue weighted by Crippen LogP contribution is 2.50. The Morgan fingerprint density at radius 1 is 1.03 bits per heavy atom. The lowest BCUT2D eigenvalue weighted by molar-refractivity contribution is -0.245. The molecule has 0 bridgehead atoms.